The van der Waals surface area contributed by atoms with E-state index in [0.29, 0.717) is 17.9 Å². The van der Waals surface area contributed by atoms with Crippen LogP contribution >= 0.6 is 0 Å². The molecule has 3 nitrogen and oxygen atoms in total. The highest BCUT2D eigenvalue weighted by atomic mass is 16.2. The maximum absolute atomic E-state index is 12.8. The van der Waals surface area contributed by atoms with Gasteiger partial charge in [0.05, 0.1) is 0 Å². The molecule has 0 aliphatic carbocycles. The first-order valence-corrected chi connectivity index (χ1v) is 9.28. The summed E-state index contributed by atoms with van der Waals surface area (Å²) >= 11 is 0. The lowest BCUT2D eigenvalue weighted by atomic mass is 9.84. The fraction of sp³-hybridized carbons (Fsp3) is 0.650. The molecule has 0 saturated carbocycles. The molecule has 0 aromatic heterocycles. The van der Waals surface area contributed by atoms with Crippen LogP contribution in [0.25, 0.3) is 0 Å². The van der Waals surface area contributed by atoms with Gasteiger partial charge >= 0.3 is 0 Å². The van der Waals surface area contributed by atoms with Crippen LogP contribution in [0.5, 0.6) is 0 Å². The van der Waals surface area contributed by atoms with E-state index in [0.717, 1.165) is 51.2 Å². The number of carbonyl (C=O) groups is 1. The molecule has 23 heavy (non-hydrogen) atoms. The molecule has 1 amide bonds. The first-order chi connectivity index (χ1) is 11.2. The van der Waals surface area contributed by atoms with Crippen LogP contribution in [0.3, 0.4) is 0 Å². The summed E-state index contributed by atoms with van der Waals surface area (Å²) < 4.78 is 0. The van der Waals surface area contributed by atoms with Gasteiger partial charge in [-0.3, -0.25) is 4.79 Å². The number of likely N-dealkylation sites (tertiary alicyclic amines) is 1. The molecule has 2 saturated heterocycles. The van der Waals surface area contributed by atoms with E-state index in [1.54, 1.807) is 0 Å². The number of rotatable bonds is 5. The molecule has 3 heteroatoms. The van der Waals surface area contributed by atoms with Crippen molar-refractivity contribution < 1.29 is 4.79 Å². The molecule has 1 N–H and O–H groups in total. The zero-order valence-electron chi connectivity index (χ0n) is 14.3. The molecular weight excluding hydrogens is 284 g/mol. The van der Waals surface area contributed by atoms with Gasteiger partial charge in [-0.1, -0.05) is 37.3 Å². The monoisotopic (exact) mass is 314 g/mol. The lowest BCUT2D eigenvalue weighted by Gasteiger charge is -2.31. The number of nitrogens with zero attached hydrogens (tertiary/aromatic N) is 1. The lowest BCUT2D eigenvalue weighted by Crippen LogP contribution is -2.39. The highest BCUT2D eigenvalue weighted by molar-refractivity contribution is 5.77. The maximum atomic E-state index is 12.8. The van der Waals surface area contributed by atoms with Crippen LogP contribution in [-0.4, -0.2) is 36.5 Å². The van der Waals surface area contributed by atoms with Gasteiger partial charge in [-0.15, -0.1) is 0 Å². The molecular formula is C20H30N2O. The zero-order valence-corrected chi connectivity index (χ0v) is 14.3. The third-order valence-electron chi connectivity index (χ3n) is 5.70. The number of hydrogen-bond acceptors (Lipinski definition) is 2. The highest BCUT2D eigenvalue weighted by Crippen LogP contribution is 2.28. The average molecular weight is 314 g/mol. The fourth-order valence-corrected chi connectivity index (χ4v) is 4.24. The van der Waals surface area contributed by atoms with E-state index in [9.17, 15) is 4.79 Å². The van der Waals surface area contributed by atoms with Crippen molar-refractivity contribution in [3.63, 3.8) is 0 Å². The van der Waals surface area contributed by atoms with E-state index in [-0.39, 0.29) is 0 Å². The van der Waals surface area contributed by atoms with Crippen molar-refractivity contribution in [2.45, 2.75) is 51.5 Å². The van der Waals surface area contributed by atoms with Gasteiger partial charge in [-0.05, 0) is 62.6 Å². The van der Waals surface area contributed by atoms with Crippen LogP contribution in [0, 0.1) is 11.8 Å². The molecule has 2 unspecified atom stereocenters. The van der Waals surface area contributed by atoms with Crippen molar-refractivity contribution >= 4 is 5.91 Å². The second-order valence-corrected chi connectivity index (χ2v) is 7.34. The molecule has 2 atom stereocenters. The largest absolute Gasteiger partial charge is 0.339 e. The zero-order chi connectivity index (χ0) is 16.1. The van der Waals surface area contributed by atoms with Gasteiger partial charge in [0.15, 0.2) is 0 Å². The SMILES string of the molecule is CC(CC(=O)N1CCCC1Cc1ccccc1)C1CCNCC1. The average Bonchev–Trinajstić information content (AvgIpc) is 3.05. The molecule has 1 aromatic rings. The molecule has 126 valence electrons. The summed E-state index contributed by atoms with van der Waals surface area (Å²) in [5.41, 5.74) is 1.35. The predicted octanol–water partition coefficient (Wildman–Crippen LogP) is 3.25. The fourth-order valence-electron chi connectivity index (χ4n) is 4.24. The number of amides is 1. The summed E-state index contributed by atoms with van der Waals surface area (Å²) in [6.07, 6.45) is 6.50. The van der Waals surface area contributed by atoms with Gasteiger partial charge in [-0.25, -0.2) is 0 Å². The third kappa shape index (κ3) is 4.35. The van der Waals surface area contributed by atoms with Crippen LogP contribution in [0.2, 0.25) is 0 Å². The molecule has 2 aliphatic rings. The maximum Gasteiger partial charge on any atom is 0.223 e. The summed E-state index contributed by atoms with van der Waals surface area (Å²) in [6, 6.07) is 11.0. The summed E-state index contributed by atoms with van der Waals surface area (Å²) in [5.74, 6) is 1.62. The summed E-state index contributed by atoms with van der Waals surface area (Å²) in [5, 5.41) is 3.42. The Morgan fingerprint density at radius 3 is 2.70 bits per heavy atom. The minimum absolute atomic E-state index is 0.384. The van der Waals surface area contributed by atoms with Crippen molar-refractivity contribution in [1.29, 1.82) is 0 Å². The van der Waals surface area contributed by atoms with E-state index in [2.05, 4.69) is 47.5 Å². The quantitative estimate of drug-likeness (QED) is 0.905. The van der Waals surface area contributed by atoms with Crippen LogP contribution in [0.1, 0.15) is 44.6 Å². The van der Waals surface area contributed by atoms with Gasteiger partial charge in [0, 0.05) is 19.0 Å². The number of piperidine rings is 1. The Hall–Kier alpha value is -1.35. The number of nitrogens with one attached hydrogen (secondary N) is 1. The summed E-state index contributed by atoms with van der Waals surface area (Å²) in [6.45, 7) is 5.46. The van der Waals surface area contributed by atoms with Crippen molar-refractivity contribution in [2.75, 3.05) is 19.6 Å². The molecule has 2 fully saturated rings. The summed E-state index contributed by atoms with van der Waals surface area (Å²) in [7, 11) is 0. The van der Waals surface area contributed by atoms with Crippen LogP contribution in [0.4, 0.5) is 0 Å². The van der Waals surface area contributed by atoms with Gasteiger partial charge < -0.3 is 10.2 Å². The Morgan fingerprint density at radius 1 is 1.22 bits per heavy atom. The van der Waals surface area contributed by atoms with Crippen molar-refractivity contribution in [3.05, 3.63) is 35.9 Å². The molecule has 1 aromatic carbocycles. The molecule has 3 rings (SSSR count). The van der Waals surface area contributed by atoms with Crippen LogP contribution in [0.15, 0.2) is 30.3 Å². The van der Waals surface area contributed by atoms with E-state index in [4.69, 9.17) is 0 Å². The van der Waals surface area contributed by atoms with Crippen LogP contribution < -0.4 is 5.32 Å². The third-order valence-corrected chi connectivity index (χ3v) is 5.70. The van der Waals surface area contributed by atoms with Gasteiger partial charge in [0.1, 0.15) is 0 Å². The Morgan fingerprint density at radius 2 is 1.96 bits per heavy atom. The smallest absolute Gasteiger partial charge is 0.223 e. The lowest BCUT2D eigenvalue weighted by molar-refractivity contribution is -0.133. The normalized spacial score (nSPS) is 23.9. The van der Waals surface area contributed by atoms with Gasteiger partial charge in [-0.2, -0.15) is 0 Å². The Balaban J connectivity index is 1.55. The molecule has 2 heterocycles. The molecule has 0 radical (unpaired) electrons. The Bertz CT molecular complexity index is 496. The van der Waals surface area contributed by atoms with E-state index in [1.165, 1.54) is 18.4 Å². The van der Waals surface area contributed by atoms with Gasteiger partial charge in [0.2, 0.25) is 5.91 Å². The number of benzene rings is 1. The molecule has 2 aliphatic heterocycles. The second kappa shape index (κ2) is 7.96. The van der Waals surface area contributed by atoms with Crippen molar-refractivity contribution in [1.82, 2.24) is 10.2 Å². The predicted molar refractivity (Wildman–Crippen MR) is 94.3 cm³/mol. The number of carbonyl (C=O) groups excluding carboxylic acids is 1. The highest BCUT2D eigenvalue weighted by Gasteiger charge is 2.31. The molecule has 0 bridgehead atoms. The standard InChI is InChI=1S/C20H30N2O/c1-16(18-9-11-21-12-10-18)14-20(23)22-13-5-8-19(22)15-17-6-3-2-4-7-17/h2-4,6-7,16,18-19,21H,5,8-15H2,1H3. The van der Waals surface area contributed by atoms with Gasteiger partial charge in [0.25, 0.3) is 0 Å². The Labute approximate surface area is 140 Å². The van der Waals surface area contributed by atoms with Crippen LogP contribution in [-0.2, 0) is 11.2 Å². The van der Waals surface area contributed by atoms with E-state index >= 15 is 0 Å². The first-order valence-electron chi connectivity index (χ1n) is 9.28. The molecule has 0 spiro atoms. The summed E-state index contributed by atoms with van der Waals surface area (Å²) in [4.78, 5) is 15.0. The van der Waals surface area contributed by atoms with E-state index in [1.807, 2.05) is 0 Å². The minimum atomic E-state index is 0.384. The minimum Gasteiger partial charge on any atom is -0.339 e. The second-order valence-electron chi connectivity index (χ2n) is 7.34. The Kier molecular flexibility index (Phi) is 5.71. The first kappa shape index (κ1) is 16.5. The number of hydrogen-bond donors (Lipinski definition) is 1. The topological polar surface area (TPSA) is 32.3 Å². The van der Waals surface area contributed by atoms with Crippen molar-refractivity contribution in [3.8, 4) is 0 Å². The van der Waals surface area contributed by atoms with Crippen molar-refractivity contribution in [2.24, 2.45) is 11.8 Å². The van der Waals surface area contributed by atoms with E-state index < -0.39 is 0 Å².